The lowest BCUT2D eigenvalue weighted by Crippen LogP contribution is -2.24. The fraction of sp³-hybridized carbons (Fsp3) is 0.300. The van der Waals surface area contributed by atoms with E-state index in [1.54, 1.807) is 11.3 Å². The van der Waals surface area contributed by atoms with Crippen LogP contribution < -0.4 is 5.32 Å². The minimum atomic E-state index is 0.0442. The molecular weight excluding hydrogens is 348 g/mol. The number of hydrogen-bond acceptors (Lipinski definition) is 4. The third kappa shape index (κ3) is 4.41. The summed E-state index contributed by atoms with van der Waals surface area (Å²) in [6.07, 6.45) is 0.912. The van der Waals surface area contributed by atoms with Crippen LogP contribution in [0.25, 0.3) is 10.9 Å². The molecule has 0 radical (unpaired) electrons. The normalized spacial score (nSPS) is 11.0. The van der Waals surface area contributed by atoms with Gasteiger partial charge in [-0.1, -0.05) is 30.8 Å². The van der Waals surface area contributed by atoms with Crippen LogP contribution in [0, 0.1) is 13.8 Å². The molecule has 2 heterocycles. The average Bonchev–Trinajstić information content (AvgIpc) is 3.10. The molecule has 2 aromatic heterocycles. The third-order valence-electron chi connectivity index (χ3n) is 4.09. The molecule has 3 nitrogen and oxygen atoms in total. The Kier molecular flexibility index (Phi) is 5.76. The van der Waals surface area contributed by atoms with E-state index in [1.165, 1.54) is 38.7 Å². The molecule has 0 unspecified atom stereocenters. The van der Waals surface area contributed by atoms with Crippen molar-refractivity contribution in [1.29, 1.82) is 0 Å². The zero-order chi connectivity index (χ0) is 17.8. The summed E-state index contributed by atoms with van der Waals surface area (Å²) in [6.45, 7) is 6.95. The molecule has 0 aliphatic carbocycles. The Balaban J connectivity index is 1.72. The largest absolute Gasteiger partial charge is 0.350 e. The fourth-order valence-corrected chi connectivity index (χ4v) is 4.38. The smallest absolute Gasteiger partial charge is 0.230 e. The van der Waals surface area contributed by atoms with E-state index in [1.807, 2.05) is 17.5 Å². The van der Waals surface area contributed by atoms with Crippen LogP contribution in [0.5, 0.6) is 0 Å². The second-order valence-electron chi connectivity index (χ2n) is 6.10. The van der Waals surface area contributed by atoms with E-state index in [2.05, 4.69) is 44.3 Å². The molecule has 0 aliphatic rings. The van der Waals surface area contributed by atoms with E-state index in [-0.39, 0.29) is 5.91 Å². The molecule has 0 saturated carbocycles. The summed E-state index contributed by atoms with van der Waals surface area (Å²) in [5.74, 6) is 0.435. The maximum absolute atomic E-state index is 12.1. The number of amides is 1. The minimum absolute atomic E-state index is 0.0442. The summed E-state index contributed by atoms with van der Waals surface area (Å²) >= 11 is 3.18. The van der Waals surface area contributed by atoms with Crippen molar-refractivity contribution < 1.29 is 4.79 Å². The van der Waals surface area contributed by atoms with E-state index in [9.17, 15) is 4.79 Å². The highest BCUT2D eigenvalue weighted by Gasteiger charge is 2.11. The lowest BCUT2D eigenvalue weighted by atomic mass is 10.0. The van der Waals surface area contributed by atoms with Gasteiger partial charge >= 0.3 is 0 Å². The molecule has 0 spiro atoms. The topological polar surface area (TPSA) is 42.0 Å². The predicted molar refractivity (Wildman–Crippen MR) is 107 cm³/mol. The van der Waals surface area contributed by atoms with Crippen LogP contribution in [0.1, 0.15) is 28.5 Å². The van der Waals surface area contributed by atoms with Crippen LogP contribution in [0.3, 0.4) is 0 Å². The number of aromatic nitrogens is 1. The van der Waals surface area contributed by atoms with Crippen LogP contribution >= 0.6 is 23.1 Å². The van der Waals surface area contributed by atoms with Gasteiger partial charge in [0.1, 0.15) is 5.03 Å². The number of pyridine rings is 1. The number of thioether (sulfide) groups is 1. The van der Waals surface area contributed by atoms with Gasteiger partial charge in [0.05, 0.1) is 17.8 Å². The second kappa shape index (κ2) is 8.02. The van der Waals surface area contributed by atoms with Crippen LogP contribution in [-0.2, 0) is 17.8 Å². The van der Waals surface area contributed by atoms with Gasteiger partial charge in [0.15, 0.2) is 0 Å². The monoisotopic (exact) mass is 370 g/mol. The lowest BCUT2D eigenvalue weighted by Gasteiger charge is -2.11. The Morgan fingerprint density at radius 1 is 1.28 bits per heavy atom. The van der Waals surface area contributed by atoms with Crippen molar-refractivity contribution in [1.82, 2.24) is 10.3 Å². The Bertz CT molecular complexity index is 888. The van der Waals surface area contributed by atoms with Crippen LogP contribution in [0.2, 0.25) is 0 Å². The van der Waals surface area contributed by atoms with Gasteiger partial charge < -0.3 is 5.32 Å². The van der Waals surface area contributed by atoms with Gasteiger partial charge in [-0.25, -0.2) is 4.98 Å². The Morgan fingerprint density at radius 3 is 2.84 bits per heavy atom. The van der Waals surface area contributed by atoms with Gasteiger partial charge in [-0.05, 0) is 60.5 Å². The summed E-state index contributed by atoms with van der Waals surface area (Å²) in [6, 6.07) is 10.6. The van der Waals surface area contributed by atoms with Gasteiger partial charge in [-0.15, -0.1) is 11.3 Å². The number of nitrogens with zero attached hydrogens (tertiary/aromatic N) is 1. The molecule has 1 aromatic carbocycles. The average molecular weight is 371 g/mol. The first kappa shape index (κ1) is 18.0. The maximum atomic E-state index is 12.1. The van der Waals surface area contributed by atoms with Gasteiger partial charge in [0.2, 0.25) is 5.91 Å². The molecule has 0 fully saturated rings. The molecule has 1 amide bonds. The van der Waals surface area contributed by atoms with Crippen LogP contribution in [0.15, 0.2) is 40.7 Å². The van der Waals surface area contributed by atoms with Gasteiger partial charge in [0.25, 0.3) is 0 Å². The predicted octanol–water partition coefficient (Wildman–Crippen LogP) is 4.88. The molecule has 0 saturated heterocycles. The van der Waals surface area contributed by atoms with Gasteiger partial charge in [0, 0.05) is 10.3 Å². The maximum Gasteiger partial charge on any atom is 0.230 e. The van der Waals surface area contributed by atoms with Gasteiger partial charge in [-0.3, -0.25) is 4.79 Å². The van der Waals surface area contributed by atoms with Crippen molar-refractivity contribution in [2.24, 2.45) is 0 Å². The first-order valence-electron chi connectivity index (χ1n) is 8.39. The standard InChI is InChI=1S/C20H22N2OS2/c1-4-15-10-17-14(3)8-13(2)9-18(17)22-20(15)25-12-19(23)21-11-16-6-5-7-24-16/h5-10H,4,11-12H2,1-3H3,(H,21,23). The first-order chi connectivity index (χ1) is 12.1. The molecule has 25 heavy (non-hydrogen) atoms. The summed E-state index contributed by atoms with van der Waals surface area (Å²) in [4.78, 5) is 18.1. The van der Waals surface area contributed by atoms with Crippen molar-refractivity contribution in [2.45, 2.75) is 38.8 Å². The lowest BCUT2D eigenvalue weighted by molar-refractivity contribution is -0.118. The van der Waals surface area contributed by atoms with Crippen molar-refractivity contribution in [3.05, 3.63) is 57.3 Å². The Labute approximate surface area is 156 Å². The number of rotatable bonds is 6. The van der Waals surface area contributed by atoms with E-state index in [4.69, 9.17) is 4.98 Å². The van der Waals surface area contributed by atoms with Gasteiger partial charge in [-0.2, -0.15) is 0 Å². The molecular formula is C20H22N2OS2. The number of carbonyl (C=O) groups excluding carboxylic acids is 1. The molecule has 0 atom stereocenters. The molecule has 3 rings (SSSR count). The zero-order valence-electron chi connectivity index (χ0n) is 14.8. The molecule has 0 aliphatic heterocycles. The third-order valence-corrected chi connectivity index (χ3v) is 6.00. The number of aryl methyl sites for hydroxylation is 3. The fourth-order valence-electron chi connectivity index (χ4n) is 2.82. The number of thiophene rings is 1. The van der Waals surface area contributed by atoms with Crippen molar-refractivity contribution in [2.75, 3.05) is 5.75 Å². The molecule has 130 valence electrons. The number of carbonyl (C=O) groups is 1. The molecule has 3 aromatic rings. The van der Waals surface area contributed by atoms with Crippen LogP contribution in [0.4, 0.5) is 0 Å². The summed E-state index contributed by atoms with van der Waals surface area (Å²) in [5, 5.41) is 7.16. The SMILES string of the molecule is CCc1cc2c(C)cc(C)cc2nc1SCC(=O)NCc1cccs1. The van der Waals surface area contributed by atoms with E-state index < -0.39 is 0 Å². The highest BCUT2D eigenvalue weighted by atomic mass is 32.2. The molecule has 5 heteroatoms. The highest BCUT2D eigenvalue weighted by Crippen LogP contribution is 2.28. The van der Waals surface area contributed by atoms with E-state index in [0.717, 1.165) is 17.0 Å². The second-order valence-corrected chi connectivity index (χ2v) is 8.10. The summed E-state index contributed by atoms with van der Waals surface area (Å²) in [5.41, 5.74) is 4.68. The molecule has 0 bridgehead atoms. The summed E-state index contributed by atoms with van der Waals surface area (Å²) < 4.78 is 0. The van der Waals surface area contributed by atoms with E-state index in [0.29, 0.717) is 12.3 Å². The number of fused-ring (bicyclic) bond motifs is 1. The number of benzene rings is 1. The quantitative estimate of drug-likeness (QED) is 0.629. The highest BCUT2D eigenvalue weighted by molar-refractivity contribution is 7.99. The van der Waals surface area contributed by atoms with E-state index >= 15 is 0 Å². The zero-order valence-corrected chi connectivity index (χ0v) is 16.4. The van der Waals surface area contributed by atoms with Crippen molar-refractivity contribution in [3.63, 3.8) is 0 Å². The number of nitrogens with one attached hydrogen (secondary N) is 1. The molecule has 1 N–H and O–H groups in total. The Hall–Kier alpha value is -1.85. The van der Waals surface area contributed by atoms with Crippen LogP contribution in [-0.4, -0.2) is 16.6 Å². The van der Waals surface area contributed by atoms with Crippen molar-refractivity contribution >= 4 is 39.9 Å². The Morgan fingerprint density at radius 2 is 2.12 bits per heavy atom. The van der Waals surface area contributed by atoms with Crippen molar-refractivity contribution in [3.8, 4) is 0 Å². The number of hydrogen-bond donors (Lipinski definition) is 1. The minimum Gasteiger partial charge on any atom is -0.350 e. The summed E-state index contributed by atoms with van der Waals surface area (Å²) in [7, 11) is 0. The first-order valence-corrected chi connectivity index (χ1v) is 10.3.